The summed E-state index contributed by atoms with van der Waals surface area (Å²) in [6.07, 6.45) is 1.84. The van der Waals surface area contributed by atoms with Crippen molar-refractivity contribution in [1.82, 2.24) is 0 Å². The lowest BCUT2D eigenvalue weighted by Gasteiger charge is -2.21. The Morgan fingerprint density at radius 3 is 2.55 bits per heavy atom. The zero-order valence-electron chi connectivity index (χ0n) is 11.2. The zero-order valence-corrected chi connectivity index (χ0v) is 11.2. The second kappa shape index (κ2) is 5.21. The number of Topliss-reactive ketones (excluding diaryl/α,β-unsaturated/α-hetero) is 1. The number of carbonyl (C=O) groups is 1. The lowest BCUT2D eigenvalue weighted by molar-refractivity contribution is 0.0999. The van der Waals surface area contributed by atoms with Crippen LogP contribution in [-0.2, 0) is 0 Å². The van der Waals surface area contributed by atoms with Crippen LogP contribution >= 0.6 is 0 Å². The second-order valence-electron chi connectivity index (χ2n) is 4.71. The van der Waals surface area contributed by atoms with E-state index in [1.807, 2.05) is 66.7 Å². The third kappa shape index (κ3) is 2.30. The summed E-state index contributed by atoms with van der Waals surface area (Å²) in [5.41, 5.74) is 2.33. The number of benzene rings is 2. The van der Waals surface area contributed by atoms with Crippen molar-refractivity contribution in [2.45, 2.75) is 0 Å². The van der Waals surface area contributed by atoms with Crippen LogP contribution in [0.5, 0.6) is 5.75 Å². The fourth-order valence-electron chi connectivity index (χ4n) is 2.24. The first kappa shape index (κ1) is 12.5. The Hall–Kier alpha value is -2.55. The molecule has 2 aromatic rings. The molecule has 20 heavy (non-hydrogen) atoms. The van der Waals surface area contributed by atoms with Gasteiger partial charge in [0.05, 0.1) is 11.1 Å². The molecule has 0 N–H and O–H groups in total. The molecule has 0 aromatic heterocycles. The Kier molecular flexibility index (Phi) is 3.25. The first-order valence-electron chi connectivity index (χ1n) is 6.51. The van der Waals surface area contributed by atoms with E-state index in [-0.39, 0.29) is 5.78 Å². The van der Waals surface area contributed by atoms with Gasteiger partial charge in [0.2, 0.25) is 0 Å². The summed E-state index contributed by atoms with van der Waals surface area (Å²) in [6, 6.07) is 17.3. The van der Waals surface area contributed by atoms with Crippen LogP contribution in [0.25, 0.3) is 0 Å². The van der Waals surface area contributed by atoms with Gasteiger partial charge in [-0.3, -0.25) is 4.79 Å². The number of hydrogen-bond acceptors (Lipinski definition) is 3. The van der Waals surface area contributed by atoms with Crippen molar-refractivity contribution in [3.8, 4) is 5.75 Å². The Labute approximate surface area is 118 Å². The fraction of sp³-hybridized carbons (Fsp3) is 0.118. The average Bonchev–Trinajstić information content (AvgIpc) is 2.51. The van der Waals surface area contributed by atoms with Gasteiger partial charge in [-0.1, -0.05) is 30.3 Å². The minimum absolute atomic E-state index is 0.0367. The lowest BCUT2D eigenvalue weighted by atomic mass is 10.0. The van der Waals surface area contributed by atoms with Gasteiger partial charge in [-0.15, -0.1) is 0 Å². The molecular formula is C17H15NO2. The molecule has 0 saturated carbocycles. The summed E-state index contributed by atoms with van der Waals surface area (Å²) in [4.78, 5) is 14.3. The molecule has 0 saturated heterocycles. The van der Waals surface area contributed by atoms with Crippen LogP contribution in [0, 0.1) is 0 Å². The van der Waals surface area contributed by atoms with Crippen molar-refractivity contribution in [3.05, 3.63) is 71.9 Å². The first-order chi connectivity index (χ1) is 9.75. The topological polar surface area (TPSA) is 29.5 Å². The molecule has 0 unspecified atom stereocenters. The van der Waals surface area contributed by atoms with Crippen LogP contribution in [0.15, 0.2) is 66.4 Å². The van der Waals surface area contributed by atoms with Crippen molar-refractivity contribution in [2.24, 2.45) is 0 Å². The van der Waals surface area contributed by atoms with Gasteiger partial charge in [0.25, 0.3) is 0 Å². The molecule has 3 rings (SSSR count). The van der Waals surface area contributed by atoms with Gasteiger partial charge in [-0.2, -0.15) is 0 Å². The number of ketones is 1. The Balaban J connectivity index is 1.89. The average molecular weight is 265 g/mol. The number of nitrogens with zero attached hydrogens (tertiary/aromatic N) is 1. The SMILES string of the molecule is CN(/C=C1\COc2ccccc2C1=O)c1ccccc1. The molecular weight excluding hydrogens is 250 g/mol. The highest BCUT2D eigenvalue weighted by molar-refractivity contribution is 6.11. The van der Waals surface area contributed by atoms with Crippen molar-refractivity contribution in [3.63, 3.8) is 0 Å². The van der Waals surface area contributed by atoms with Gasteiger partial charge < -0.3 is 9.64 Å². The monoisotopic (exact) mass is 265 g/mol. The Bertz CT molecular complexity index is 662. The normalized spacial score (nSPS) is 15.7. The van der Waals surface area contributed by atoms with Gasteiger partial charge in [-0.25, -0.2) is 0 Å². The van der Waals surface area contributed by atoms with Gasteiger partial charge in [0.15, 0.2) is 5.78 Å². The molecule has 1 heterocycles. The van der Waals surface area contributed by atoms with Crippen molar-refractivity contribution in [1.29, 1.82) is 0 Å². The van der Waals surface area contributed by atoms with Gasteiger partial charge >= 0.3 is 0 Å². The molecule has 0 aliphatic carbocycles. The van der Waals surface area contributed by atoms with Crippen LogP contribution in [0.4, 0.5) is 5.69 Å². The quantitative estimate of drug-likeness (QED) is 0.780. The summed E-state index contributed by atoms with van der Waals surface area (Å²) < 4.78 is 5.63. The minimum atomic E-state index is 0.0367. The highest BCUT2D eigenvalue weighted by Gasteiger charge is 2.23. The van der Waals surface area contributed by atoms with Crippen LogP contribution in [0.1, 0.15) is 10.4 Å². The Morgan fingerprint density at radius 1 is 1.05 bits per heavy atom. The van der Waals surface area contributed by atoms with Crippen LogP contribution in [-0.4, -0.2) is 19.4 Å². The third-order valence-electron chi connectivity index (χ3n) is 3.32. The molecule has 2 aromatic carbocycles. The summed E-state index contributed by atoms with van der Waals surface area (Å²) in [7, 11) is 1.93. The predicted octanol–water partition coefficient (Wildman–Crippen LogP) is 3.28. The maximum absolute atomic E-state index is 12.4. The van der Waals surface area contributed by atoms with E-state index in [1.165, 1.54) is 0 Å². The highest BCUT2D eigenvalue weighted by atomic mass is 16.5. The van der Waals surface area contributed by atoms with E-state index >= 15 is 0 Å². The number of anilines is 1. The number of fused-ring (bicyclic) bond motifs is 1. The van der Waals surface area contributed by atoms with Crippen molar-refractivity contribution in [2.75, 3.05) is 18.6 Å². The summed E-state index contributed by atoms with van der Waals surface area (Å²) in [5, 5.41) is 0. The largest absolute Gasteiger partial charge is 0.488 e. The van der Waals surface area contributed by atoms with E-state index in [0.29, 0.717) is 23.5 Å². The van der Waals surface area contributed by atoms with Crippen LogP contribution in [0.2, 0.25) is 0 Å². The van der Waals surface area contributed by atoms with Gasteiger partial charge in [-0.05, 0) is 24.3 Å². The van der Waals surface area contributed by atoms with Gasteiger partial charge in [0.1, 0.15) is 12.4 Å². The van der Waals surface area contributed by atoms with E-state index in [1.54, 1.807) is 6.07 Å². The number of rotatable bonds is 2. The maximum atomic E-state index is 12.4. The number of hydrogen-bond donors (Lipinski definition) is 0. The van der Waals surface area contributed by atoms with E-state index in [4.69, 9.17) is 4.74 Å². The molecule has 0 fully saturated rings. The van der Waals surface area contributed by atoms with E-state index in [9.17, 15) is 4.79 Å². The summed E-state index contributed by atoms with van der Waals surface area (Å²) in [6.45, 7) is 0.313. The number of carbonyl (C=O) groups excluding carboxylic acids is 1. The molecule has 0 atom stereocenters. The molecule has 3 heteroatoms. The Morgan fingerprint density at radius 2 is 1.75 bits per heavy atom. The lowest BCUT2D eigenvalue weighted by Crippen LogP contribution is -2.22. The fourth-order valence-corrected chi connectivity index (χ4v) is 2.24. The zero-order chi connectivity index (χ0) is 13.9. The molecule has 3 nitrogen and oxygen atoms in total. The van der Waals surface area contributed by atoms with Gasteiger partial charge in [0, 0.05) is 18.9 Å². The second-order valence-corrected chi connectivity index (χ2v) is 4.71. The highest BCUT2D eigenvalue weighted by Crippen LogP contribution is 2.27. The molecule has 0 spiro atoms. The van der Waals surface area contributed by atoms with E-state index in [0.717, 1.165) is 5.69 Å². The minimum Gasteiger partial charge on any atom is -0.488 e. The molecule has 1 aliphatic heterocycles. The van der Waals surface area contributed by atoms with E-state index < -0.39 is 0 Å². The maximum Gasteiger partial charge on any atom is 0.197 e. The molecule has 0 radical (unpaired) electrons. The number of ether oxygens (including phenoxy) is 1. The van der Waals surface area contributed by atoms with Crippen molar-refractivity contribution >= 4 is 11.5 Å². The standard InChI is InChI=1S/C17H15NO2/c1-18(14-7-3-2-4-8-14)11-13-12-20-16-10-6-5-9-15(16)17(13)19/h2-11H,12H2,1H3/b13-11+. The smallest absolute Gasteiger partial charge is 0.197 e. The molecule has 0 amide bonds. The predicted molar refractivity (Wildman–Crippen MR) is 79.2 cm³/mol. The first-order valence-corrected chi connectivity index (χ1v) is 6.51. The number of para-hydroxylation sites is 2. The van der Waals surface area contributed by atoms with Crippen LogP contribution in [0.3, 0.4) is 0 Å². The van der Waals surface area contributed by atoms with Crippen LogP contribution < -0.4 is 9.64 Å². The third-order valence-corrected chi connectivity index (χ3v) is 3.32. The molecule has 0 bridgehead atoms. The molecule has 1 aliphatic rings. The van der Waals surface area contributed by atoms with Crippen molar-refractivity contribution < 1.29 is 9.53 Å². The summed E-state index contributed by atoms with van der Waals surface area (Å²) in [5.74, 6) is 0.701. The molecule has 100 valence electrons. The van der Waals surface area contributed by atoms with E-state index in [2.05, 4.69) is 0 Å². The summed E-state index contributed by atoms with van der Waals surface area (Å²) >= 11 is 0.